The molecule has 0 unspecified atom stereocenters. The van der Waals surface area contributed by atoms with E-state index in [4.69, 9.17) is 4.42 Å². The Hall–Kier alpha value is -5.82. The Morgan fingerprint density at radius 1 is 0.561 bits per heavy atom. The number of hydrogen-bond acceptors (Lipinski definition) is 4. The molecule has 1 aliphatic carbocycles. The lowest BCUT2D eigenvalue weighted by atomic mass is 9.63. The first-order valence-corrected chi connectivity index (χ1v) is 25.5. The fourth-order valence-electron chi connectivity index (χ4n) is 11.6. The van der Waals surface area contributed by atoms with Gasteiger partial charge < -0.3 is 14.3 Å². The highest BCUT2D eigenvalue weighted by atomic mass is 32.1. The van der Waals surface area contributed by atoms with Crippen molar-refractivity contribution in [2.24, 2.45) is 0 Å². The number of fused-ring (bicyclic) bond motifs is 14. The van der Waals surface area contributed by atoms with Crippen LogP contribution in [0.3, 0.4) is 0 Å². The van der Waals surface area contributed by atoms with Gasteiger partial charge in [-0.25, -0.2) is 0 Å². The summed E-state index contributed by atoms with van der Waals surface area (Å²) < 4.78 is 14.7. The molecule has 0 bridgehead atoms. The molecular weight excluding hydrogens is 840 g/mol. The Kier molecular flexibility index (Phi) is 8.23. The van der Waals surface area contributed by atoms with Crippen LogP contribution in [0.2, 0.25) is 0 Å². The average Bonchev–Trinajstić information content (AvgIpc) is 4.02. The van der Waals surface area contributed by atoms with E-state index in [1.165, 1.54) is 120 Å². The maximum absolute atomic E-state index is 6.62. The molecule has 5 heterocycles. The molecule has 0 spiro atoms. The zero-order chi connectivity index (χ0) is 45.4. The molecule has 1 N–H and O–H groups in total. The molecular formula is C60H55BN2OS2. The van der Waals surface area contributed by atoms with Crippen molar-refractivity contribution >= 4 is 126 Å². The number of rotatable bonds is 3. The highest BCUT2D eigenvalue weighted by molar-refractivity contribution is 7.29. The Morgan fingerprint density at radius 3 is 2.02 bits per heavy atom. The molecule has 11 aromatic rings. The van der Waals surface area contributed by atoms with Gasteiger partial charge in [0.1, 0.15) is 11.2 Å². The Bertz CT molecular complexity index is 3890. The third-order valence-corrected chi connectivity index (χ3v) is 17.9. The summed E-state index contributed by atoms with van der Waals surface area (Å²) in [5.74, 6) is 0. The van der Waals surface area contributed by atoms with Gasteiger partial charge in [-0.15, -0.1) is 22.7 Å². The summed E-state index contributed by atoms with van der Waals surface area (Å²) in [6.07, 6.45) is 2.41. The van der Waals surface area contributed by atoms with Gasteiger partial charge in [-0.3, -0.25) is 0 Å². The number of nitrogens with zero attached hydrogens (tertiary/aromatic N) is 1. The minimum absolute atomic E-state index is 0.0325. The second-order valence-corrected chi connectivity index (χ2v) is 25.1. The fraction of sp³-hybridized carbons (Fsp3) is 0.267. The predicted molar refractivity (Wildman–Crippen MR) is 291 cm³/mol. The average molecular weight is 895 g/mol. The molecule has 0 amide bonds. The standard InChI is InChI=1S/C60H55BN2OS2/c1-57(2,3)32-15-18-34(19-16-32)62-46-28-42-41-27-44-45(60(9,10)24-23-59(44,7)8)30-52(41)65-51(42)29-38(46)36-20-21-37-39-26-40-35-13-11-12-14-48(35)64-49(40)31-47(39)63-54(37)53(36)61-56-55(63)43-25-33(58(4,5)6)17-22-50(43)66-56/h11-22,25-31,61-62H,23-24H2,1-10H3. The van der Waals surface area contributed by atoms with Gasteiger partial charge >= 0.3 is 0 Å². The Morgan fingerprint density at radius 2 is 1.26 bits per heavy atom. The van der Waals surface area contributed by atoms with E-state index in [0.717, 1.165) is 35.2 Å². The van der Waals surface area contributed by atoms with Crippen LogP contribution in [0.5, 0.6) is 0 Å². The lowest BCUT2D eigenvalue weighted by Gasteiger charge is -2.41. The van der Waals surface area contributed by atoms with Crippen LogP contribution in [0.4, 0.5) is 11.4 Å². The number of nitrogens with one attached hydrogen (secondary N) is 1. The molecule has 2 aliphatic rings. The third kappa shape index (κ3) is 5.86. The lowest BCUT2D eigenvalue weighted by Crippen LogP contribution is -2.35. The molecule has 0 radical (unpaired) electrons. The molecule has 0 saturated carbocycles. The molecule has 6 heteroatoms. The fourth-order valence-corrected chi connectivity index (χ4v) is 13.9. The van der Waals surface area contributed by atoms with Gasteiger partial charge in [0, 0.05) is 80.3 Å². The van der Waals surface area contributed by atoms with Gasteiger partial charge in [-0.05, 0) is 133 Å². The first kappa shape index (κ1) is 40.5. The van der Waals surface area contributed by atoms with Gasteiger partial charge in [0.15, 0.2) is 0 Å². The molecule has 0 saturated heterocycles. The summed E-state index contributed by atoms with van der Waals surface area (Å²) in [6.45, 7) is 23.6. The molecule has 0 atom stereocenters. The van der Waals surface area contributed by atoms with Crippen molar-refractivity contribution in [3.8, 4) is 16.8 Å². The maximum Gasteiger partial charge on any atom is 0.211 e. The van der Waals surface area contributed by atoms with Crippen LogP contribution in [-0.2, 0) is 21.7 Å². The van der Waals surface area contributed by atoms with E-state index in [2.05, 4.69) is 194 Å². The molecule has 4 aromatic heterocycles. The molecule has 7 aromatic carbocycles. The van der Waals surface area contributed by atoms with Gasteiger partial charge in [-0.1, -0.05) is 118 Å². The van der Waals surface area contributed by atoms with Crippen LogP contribution in [0.1, 0.15) is 104 Å². The van der Waals surface area contributed by atoms with Crippen LogP contribution in [-0.4, -0.2) is 11.8 Å². The molecule has 1 aliphatic heterocycles. The zero-order valence-electron chi connectivity index (χ0n) is 39.8. The van der Waals surface area contributed by atoms with E-state index in [0.29, 0.717) is 0 Å². The zero-order valence-corrected chi connectivity index (χ0v) is 41.4. The van der Waals surface area contributed by atoms with Gasteiger partial charge in [0.05, 0.1) is 11.2 Å². The number of para-hydroxylation sites is 1. The maximum atomic E-state index is 6.62. The number of hydrogen-bond donors (Lipinski definition) is 1. The van der Waals surface area contributed by atoms with Crippen molar-refractivity contribution < 1.29 is 4.42 Å². The van der Waals surface area contributed by atoms with Crippen LogP contribution >= 0.6 is 22.7 Å². The molecule has 66 heavy (non-hydrogen) atoms. The summed E-state index contributed by atoms with van der Waals surface area (Å²) in [4.78, 5) is 0. The lowest BCUT2D eigenvalue weighted by molar-refractivity contribution is 0.332. The topological polar surface area (TPSA) is 30.1 Å². The number of aromatic nitrogens is 1. The quantitative estimate of drug-likeness (QED) is 0.179. The minimum Gasteiger partial charge on any atom is -0.456 e. The van der Waals surface area contributed by atoms with Gasteiger partial charge in [-0.2, -0.15) is 0 Å². The first-order valence-electron chi connectivity index (χ1n) is 23.8. The van der Waals surface area contributed by atoms with Crippen LogP contribution in [0, 0.1) is 0 Å². The SMILES string of the molecule is CC(C)(C)c1ccc(Nc2cc3c(cc2-c2ccc4c5cc6c(cc5n5c4c2Bc2sc4ccc(C(C)(C)C)cc4c2-5)oc2ccccc26)sc2cc4c(cc23)C(C)(C)CCC4(C)C)cc1. The van der Waals surface area contributed by atoms with E-state index in [1.807, 2.05) is 22.7 Å². The molecule has 326 valence electrons. The summed E-state index contributed by atoms with van der Waals surface area (Å²) in [6, 6.07) is 44.4. The van der Waals surface area contributed by atoms with Crippen molar-refractivity contribution in [3.63, 3.8) is 0 Å². The number of anilines is 2. The second kappa shape index (κ2) is 13.4. The normalized spacial score (nSPS) is 15.7. The van der Waals surface area contributed by atoms with E-state index < -0.39 is 0 Å². The van der Waals surface area contributed by atoms with Crippen LogP contribution < -0.4 is 15.6 Å². The monoisotopic (exact) mass is 894 g/mol. The van der Waals surface area contributed by atoms with Crippen LogP contribution in [0.25, 0.3) is 90.8 Å². The first-order chi connectivity index (χ1) is 31.4. The Balaban J connectivity index is 1.10. The third-order valence-electron chi connectivity index (χ3n) is 15.6. The van der Waals surface area contributed by atoms with Crippen molar-refractivity contribution in [1.82, 2.24) is 4.57 Å². The van der Waals surface area contributed by atoms with E-state index in [1.54, 1.807) is 0 Å². The van der Waals surface area contributed by atoms with E-state index in [-0.39, 0.29) is 21.7 Å². The van der Waals surface area contributed by atoms with Crippen LogP contribution in [0.15, 0.2) is 120 Å². The molecule has 0 fully saturated rings. The highest BCUT2D eigenvalue weighted by Gasteiger charge is 2.38. The summed E-state index contributed by atoms with van der Waals surface area (Å²) >= 11 is 3.92. The summed E-state index contributed by atoms with van der Waals surface area (Å²) in [7, 11) is 0.864. The number of furan rings is 1. The van der Waals surface area contributed by atoms with Crippen molar-refractivity contribution in [1.29, 1.82) is 0 Å². The predicted octanol–water partition coefficient (Wildman–Crippen LogP) is 16.3. The van der Waals surface area contributed by atoms with E-state index in [9.17, 15) is 0 Å². The summed E-state index contributed by atoms with van der Waals surface area (Å²) in [5, 5.41) is 13.0. The van der Waals surface area contributed by atoms with E-state index >= 15 is 0 Å². The Labute approximate surface area is 395 Å². The summed E-state index contributed by atoms with van der Waals surface area (Å²) in [5.41, 5.74) is 18.0. The van der Waals surface area contributed by atoms with Crippen molar-refractivity contribution in [3.05, 3.63) is 138 Å². The minimum atomic E-state index is 0.0325. The van der Waals surface area contributed by atoms with Gasteiger partial charge in [0.25, 0.3) is 0 Å². The van der Waals surface area contributed by atoms with Crippen molar-refractivity contribution in [2.75, 3.05) is 5.32 Å². The largest absolute Gasteiger partial charge is 0.456 e. The highest BCUT2D eigenvalue weighted by Crippen LogP contribution is 2.51. The smallest absolute Gasteiger partial charge is 0.211 e. The number of thiophene rings is 2. The van der Waals surface area contributed by atoms with Gasteiger partial charge in [0.2, 0.25) is 7.28 Å². The number of benzene rings is 7. The molecule has 3 nitrogen and oxygen atoms in total. The second-order valence-electron chi connectivity index (χ2n) is 22.9. The van der Waals surface area contributed by atoms with Crippen molar-refractivity contribution in [2.45, 2.75) is 104 Å². The molecule has 13 rings (SSSR count).